The zero-order chi connectivity index (χ0) is 18.2. The number of carbonyl (C=O) groups excluding carboxylic acids is 2. The number of benzene rings is 1. The summed E-state index contributed by atoms with van der Waals surface area (Å²) in [5.41, 5.74) is 1.40. The van der Waals surface area contributed by atoms with Gasteiger partial charge in [0.25, 0.3) is 0 Å². The van der Waals surface area contributed by atoms with Crippen LogP contribution >= 0.6 is 11.6 Å². The molecular formula is C16H18ClN3O5. The number of methoxy groups -OCH3 is 2. The van der Waals surface area contributed by atoms with Gasteiger partial charge in [0.1, 0.15) is 12.5 Å². The fourth-order valence-corrected chi connectivity index (χ4v) is 2.05. The minimum atomic E-state index is -0.548. The van der Waals surface area contributed by atoms with Crippen LogP contribution in [0.15, 0.2) is 30.3 Å². The van der Waals surface area contributed by atoms with Crippen LogP contribution in [0.2, 0.25) is 0 Å². The van der Waals surface area contributed by atoms with Gasteiger partial charge in [-0.3, -0.25) is 4.79 Å². The Morgan fingerprint density at radius 2 is 1.92 bits per heavy atom. The summed E-state index contributed by atoms with van der Waals surface area (Å²) in [5, 5.41) is 6.89. The van der Waals surface area contributed by atoms with Crippen LogP contribution in [0.5, 0.6) is 5.88 Å². The van der Waals surface area contributed by atoms with E-state index < -0.39 is 5.97 Å². The number of halogens is 1. The van der Waals surface area contributed by atoms with Crippen molar-refractivity contribution in [1.82, 2.24) is 9.78 Å². The third-order valence-corrected chi connectivity index (χ3v) is 3.38. The second-order valence-electron chi connectivity index (χ2n) is 4.84. The highest BCUT2D eigenvalue weighted by atomic mass is 35.5. The molecular weight excluding hydrogens is 350 g/mol. The molecule has 1 aromatic heterocycles. The number of carbonyl (C=O) groups is 2. The van der Waals surface area contributed by atoms with Gasteiger partial charge in [0.2, 0.25) is 11.8 Å². The normalized spacial score (nSPS) is 10.4. The molecule has 0 saturated heterocycles. The number of aromatic nitrogens is 2. The molecule has 1 aromatic carbocycles. The molecule has 25 heavy (non-hydrogen) atoms. The van der Waals surface area contributed by atoms with Crippen molar-refractivity contribution in [2.75, 3.05) is 38.6 Å². The summed E-state index contributed by atoms with van der Waals surface area (Å²) in [6, 6.07) is 8.23. The molecule has 2 rings (SSSR count). The molecule has 8 nitrogen and oxygen atoms in total. The van der Waals surface area contributed by atoms with E-state index in [0.29, 0.717) is 24.6 Å². The molecule has 0 aliphatic rings. The molecule has 134 valence electrons. The molecule has 1 heterocycles. The predicted molar refractivity (Wildman–Crippen MR) is 91.6 cm³/mol. The lowest BCUT2D eigenvalue weighted by Crippen LogP contribution is -2.13. The van der Waals surface area contributed by atoms with Crippen LogP contribution in [0, 0.1) is 0 Å². The molecule has 9 heteroatoms. The summed E-state index contributed by atoms with van der Waals surface area (Å²) >= 11 is 5.46. The topological polar surface area (TPSA) is 91.7 Å². The number of hydrogen-bond donors (Lipinski definition) is 1. The lowest BCUT2D eigenvalue weighted by Gasteiger charge is -2.07. The number of ether oxygens (including phenoxy) is 3. The quantitative estimate of drug-likeness (QED) is 0.435. The molecule has 1 amide bonds. The zero-order valence-electron chi connectivity index (χ0n) is 13.8. The Bertz CT molecular complexity index is 730. The summed E-state index contributed by atoms with van der Waals surface area (Å²) in [7, 11) is 2.85. The predicted octanol–water partition coefficient (Wildman–Crippen LogP) is 1.86. The lowest BCUT2D eigenvalue weighted by atomic mass is 10.2. The van der Waals surface area contributed by atoms with Gasteiger partial charge in [0.15, 0.2) is 5.69 Å². The SMILES string of the molecule is COCCOc1cc(C(=O)OC)n(-c2ccc(NC(=O)CCl)cc2)n1. The average Bonchev–Trinajstić information content (AvgIpc) is 3.06. The lowest BCUT2D eigenvalue weighted by molar-refractivity contribution is -0.113. The molecule has 1 N–H and O–H groups in total. The fraction of sp³-hybridized carbons (Fsp3) is 0.312. The molecule has 0 radical (unpaired) electrons. The maximum absolute atomic E-state index is 12.0. The van der Waals surface area contributed by atoms with Gasteiger partial charge in [0, 0.05) is 18.9 Å². The van der Waals surface area contributed by atoms with Crippen molar-refractivity contribution in [2.24, 2.45) is 0 Å². The van der Waals surface area contributed by atoms with E-state index in [1.54, 1.807) is 31.4 Å². The van der Waals surface area contributed by atoms with Gasteiger partial charge in [-0.15, -0.1) is 16.7 Å². The van der Waals surface area contributed by atoms with Gasteiger partial charge in [-0.1, -0.05) is 0 Å². The Balaban J connectivity index is 2.26. The maximum Gasteiger partial charge on any atom is 0.356 e. The summed E-state index contributed by atoms with van der Waals surface area (Å²) in [6.07, 6.45) is 0. The van der Waals surface area contributed by atoms with Crippen LogP contribution in [0.1, 0.15) is 10.5 Å². The van der Waals surface area contributed by atoms with E-state index in [1.165, 1.54) is 17.9 Å². The van der Waals surface area contributed by atoms with Gasteiger partial charge < -0.3 is 19.5 Å². The molecule has 0 atom stereocenters. The van der Waals surface area contributed by atoms with Crippen LogP contribution < -0.4 is 10.1 Å². The Kier molecular flexibility index (Phi) is 6.79. The number of nitrogens with zero attached hydrogens (tertiary/aromatic N) is 2. The Hall–Kier alpha value is -2.58. The molecule has 0 aliphatic heterocycles. The number of amides is 1. The van der Waals surface area contributed by atoms with E-state index >= 15 is 0 Å². The number of rotatable bonds is 8. The number of hydrogen-bond acceptors (Lipinski definition) is 6. The minimum absolute atomic E-state index is 0.129. The minimum Gasteiger partial charge on any atom is -0.474 e. The standard InChI is InChI=1S/C16H18ClN3O5/c1-23-7-8-25-15-9-13(16(22)24-2)20(19-15)12-5-3-11(4-6-12)18-14(21)10-17/h3-6,9H,7-8,10H2,1-2H3,(H,18,21). The first-order chi connectivity index (χ1) is 12.1. The van der Waals surface area contributed by atoms with E-state index in [9.17, 15) is 9.59 Å². The van der Waals surface area contributed by atoms with Gasteiger partial charge in [-0.25, -0.2) is 9.48 Å². The van der Waals surface area contributed by atoms with E-state index in [0.717, 1.165) is 0 Å². The summed E-state index contributed by atoms with van der Waals surface area (Å²) in [4.78, 5) is 23.3. The van der Waals surface area contributed by atoms with Crippen LogP contribution in [0.4, 0.5) is 5.69 Å². The summed E-state index contributed by atoms with van der Waals surface area (Å²) in [5.74, 6) is -0.710. The van der Waals surface area contributed by atoms with Gasteiger partial charge >= 0.3 is 5.97 Å². The van der Waals surface area contributed by atoms with Crippen molar-refractivity contribution in [2.45, 2.75) is 0 Å². The van der Waals surface area contributed by atoms with Gasteiger partial charge in [-0.05, 0) is 24.3 Å². The number of alkyl halides is 1. The number of esters is 1. The molecule has 0 unspecified atom stereocenters. The first-order valence-corrected chi connectivity index (χ1v) is 7.89. The molecule has 0 saturated carbocycles. The molecule has 0 aliphatic carbocycles. The largest absolute Gasteiger partial charge is 0.474 e. The zero-order valence-corrected chi connectivity index (χ0v) is 14.6. The van der Waals surface area contributed by atoms with E-state index in [1.807, 2.05) is 0 Å². The highest BCUT2D eigenvalue weighted by Gasteiger charge is 2.18. The summed E-state index contributed by atoms with van der Waals surface area (Å²) in [6.45, 7) is 0.701. The third-order valence-electron chi connectivity index (χ3n) is 3.14. The van der Waals surface area contributed by atoms with Crippen molar-refractivity contribution in [3.8, 4) is 11.6 Å². The van der Waals surface area contributed by atoms with Crippen LogP contribution in [0.3, 0.4) is 0 Å². The first kappa shape index (κ1) is 18.8. The van der Waals surface area contributed by atoms with Crippen molar-refractivity contribution in [3.63, 3.8) is 0 Å². The first-order valence-electron chi connectivity index (χ1n) is 7.35. The Morgan fingerprint density at radius 1 is 1.20 bits per heavy atom. The molecule has 2 aromatic rings. The Morgan fingerprint density at radius 3 is 2.52 bits per heavy atom. The maximum atomic E-state index is 12.0. The molecule has 0 bridgehead atoms. The average molecular weight is 368 g/mol. The smallest absolute Gasteiger partial charge is 0.356 e. The van der Waals surface area contributed by atoms with Crippen LogP contribution in [-0.4, -0.2) is 55.0 Å². The Labute approximate surface area is 149 Å². The number of nitrogens with one attached hydrogen (secondary N) is 1. The fourth-order valence-electron chi connectivity index (χ4n) is 1.99. The summed E-state index contributed by atoms with van der Waals surface area (Å²) < 4.78 is 16.5. The number of anilines is 1. The van der Waals surface area contributed by atoms with E-state index in [4.69, 9.17) is 25.8 Å². The van der Waals surface area contributed by atoms with Crippen LogP contribution in [0.25, 0.3) is 5.69 Å². The van der Waals surface area contributed by atoms with Gasteiger partial charge in [0.05, 0.1) is 19.4 Å². The highest BCUT2D eigenvalue weighted by molar-refractivity contribution is 6.29. The van der Waals surface area contributed by atoms with Crippen molar-refractivity contribution in [3.05, 3.63) is 36.0 Å². The third kappa shape index (κ3) is 4.94. The van der Waals surface area contributed by atoms with E-state index in [2.05, 4.69) is 10.4 Å². The second-order valence-corrected chi connectivity index (χ2v) is 5.11. The van der Waals surface area contributed by atoms with Crippen LogP contribution in [-0.2, 0) is 14.3 Å². The molecule has 0 spiro atoms. The van der Waals surface area contributed by atoms with Crippen molar-refractivity contribution in [1.29, 1.82) is 0 Å². The van der Waals surface area contributed by atoms with E-state index in [-0.39, 0.29) is 23.4 Å². The van der Waals surface area contributed by atoms with Gasteiger partial charge in [-0.2, -0.15) is 0 Å². The second kappa shape index (κ2) is 9.05. The van der Waals surface area contributed by atoms with Crippen molar-refractivity contribution >= 4 is 29.2 Å². The monoisotopic (exact) mass is 367 g/mol. The highest BCUT2D eigenvalue weighted by Crippen LogP contribution is 2.20. The van der Waals surface area contributed by atoms with Crippen molar-refractivity contribution < 1.29 is 23.8 Å². The molecule has 0 fully saturated rings.